The third kappa shape index (κ3) is 5.28. The predicted molar refractivity (Wildman–Crippen MR) is 116 cm³/mol. The summed E-state index contributed by atoms with van der Waals surface area (Å²) in [7, 11) is 0. The van der Waals surface area contributed by atoms with Gasteiger partial charge in [-0.25, -0.2) is 4.98 Å². The topological polar surface area (TPSA) is 116 Å². The monoisotopic (exact) mass is 447 g/mol. The number of halogens is 2. The van der Waals surface area contributed by atoms with Gasteiger partial charge in [0.2, 0.25) is 6.41 Å². The van der Waals surface area contributed by atoms with Crippen LogP contribution in [0.25, 0.3) is 10.9 Å². The second-order valence-corrected chi connectivity index (χ2v) is 7.24. The highest BCUT2D eigenvalue weighted by atomic mass is 35.5. The normalized spacial score (nSPS) is 10.6. The van der Waals surface area contributed by atoms with Crippen molar-refractivity contribution in [3.63, 3.8) is 0 Å². The van der Waals surface area contributed by atoms with Gasteiger partial charge < -0.3 is 21.1 Å². The molecule has 3 aromatic rings. The number of nitrogens with one attached hydrogen (secondary N) is 3. The third-order valence-electron chi connectivity index (χ3n) is 4.20. The van der Waals surface area contributed by atoms with E-state index >= 15 is 0 Å². The van der Waals surface area contributed by atoms with Gasteiger partial charge in [0.1, 0.15) is 11.3 Å². The van der Waals surface area contributed by atoms with Crippen LogP contribution in [0.15, 0.2) is 36.5 Å². The van der Waals surface area contributed by atoms with E-state index < -0.39 is 5.91 Å². The van der Waals surface area contributed by atoms with Crippen LogP contribution in [0.1, 0.15) is 22.5 Å². The number of anilines is 1. The van der Waals surface area contributed by atoms with Crippen molar-refractivity contribution in [3.05, 3.63) is 57.8 Å². The van der Waals surface area contributed by atoms with Crippen LogP contribution in [0.5, 0.6) is 5.75 Å². The van der Waals surface area contributed by atoms with Crippen molar-refractivity contribution in [2.24, 2.45) is 0 Å². The Labute approximate surface area is 182 Å². The molecule has 0 unspecified atom stereocenters. The number of benzene rings is 1. The summed E-state index contributed by atoms with van der Waals surface area (Å²) in [5.74, 6) is -0.458. The molecule has 0 aliphatic heterocycles. The van der Waals surface area contributed by atoms with E-state index in [9.17, 15) is 14.7 Å². The Balaban J connectivity index is 1.82. The van der Waals surface area contributed by atoms with Gasteiger partial charge in [0.05, 0.1) is 0 Å². The summed E-state index contributed by atoms with van der Waals surface area (Å²) in [5.41, 5.74) is 0.820. The average molecular weight is 448 g/mol. The molecule has 0 aliphatic carbocycles. The molecule has 0 atom stereocenters. The van der Waals surface area contributed by atoms with Gasteiger partial charge in [0, 0.05) is 41.3 Å². The Morgan fingerprint density at radius 3 is 2.67 bits per heavy atom. The number of carbonyl (C=O) groups excluding carboxylic acids is 2. The number of amides is 2. The van der Waals surface area contributed by atoms with Crippen molar-refractivity contribution in [3.8, 4) is 5.75 Å². The highest BCUT2D eigenvalue weighted by Gasteiger charge is 2.20. The second-order valence-electron chi connectivity index (χ2n) is 6.37. The van der Waals surface area contributed by atoms with Gasteiger partial charge in [-0.3, -0.25) is 14.6 Å². The number of pyridine rings is 2. The van der Waals surface area contributed by atoms with Crippen molar-refractivity contribution in [1.82, 2.24) is 20.6 Å². The Morgan fingerprint density at radius 2 is 1.93 bits per heavy atom. The van der Waals surface area contributed by atoms with Gasteiger partial charge in [-0.15, -0.1) is 0 Å². The quantitative estimate of drug-likeness (QED) is 0.295. The second kappa shape index (κ2) is 10.1. The number of hydrogen-bond acceptors (Lipinski definition) is 6. The van der Waals surface area contributed by atoms with E-state index in [0.29, 0.717) is 52.7 Å². The lowest BCUT2D eigenvalue weighted by Crippen LogP contribution is -2.24. The number of hydrogen-bond donors (Lipinski definition) is 4. The first kappa shape index (κ1) is 21.6. The number of nitrogens with zero attached hydrogens (tertiary/aromatic N) is 2. The molecular formula is C20H19Cl2N5O3. The maximum absolute atomic E-state index is 12.7. The molecule has 0 bridgehead atoms. The molecule has 0 radical (unpaired) electrons. The largest absolute Gasteiger partial charge is 0.504 e. The fraction of sp³-hybridized carbons (Fsp3) is 0.200. The molecule has 0 spiro atoms. The summed E-state index contributed by atoms with van der Waals surface area (Å²) in [5, 5.41) is 20.5. The lowest BCUT2D eigenvalue weighted by atomic mass is 10.1. The van der Waals surface area contributed by atoms with Crippen molar-refractivity contribution in [1.29, 1.82) is 0 Å². The zero-order valence-electron chi connectivity index (χ0n) is 15.8. The predicted octanol–water partition coefficient (Wildman–Crippen LogP) is 3.12. The smallest absolute Gasteiger partial charge is 0.274 e. The van der Waals surface area contributed by atoms with Gasteiger partial charge >= 0.3 is 0 Å². The third-order valence-corrected chi connectivity index (χ3v) is 4.64. The minimum absolute atomic E-state index is 0.150. The molecular weight excluding hydrogens is 429 g/mol. The molecule has 8 nitrogen and oxygen atoms in total. The van der Waals surface area contributed by atoms with E-state index in [1.165, 1.54) is 6.20 Å². The van der Waals surface area contributed by atoms with Crippen LogP contribution in [0.3, 0.4) is 0 Å². The minimum Gasteiger partial charge on any atom is -0.504 e. The fourth-order valence-electron chi connectivity index (χ4n) is 2.85. The summed E-state index contributed by atoms with van der Waals surface area (Å²) in [6.45, 7) is 1.16. The van der Waals surface area contributed by atoms with Crippen LogP contribution in [0.2, 0.25) is 10.0 Å². The van der Waals surface area contributed by atoms with E-state index in [1.807, 2.05) is 0 Å². The van der Waals surface area contributed by atoms with Crippen molar-refractivity contribution in [2.75, 3.05) is 18.4 Å². The standard InChI is InChI=1S/C20H19Cl2N5O3/c21-13-7-12(8-14(22)9-13)10-26-20(30)17-18(29)16-15(3-1-5-24-16)19(27-17)25-6-2-4-23-11-28/h1,3,5,7-9,11,29H,2,4,6,10H2,(H,23,28)(H,25,27)(H,26,30). The number of carbonyl (C=O) groups is 2. The highest BCUT2D eigenvalue weighted by Crippen LogP contribution is 2.30. The summed E-state index contributed by atoms with van der Waals surface area (Å²) in [6.07, 6.45) is 2.81. The average Bonchev–Trinajstić information content (AvgIpc) is 2.73. The lowest BCUT2D eigenvalue weighted by Gasteiger charge is -2.13. The van der Waals surface area contributed by atoms with Crippen LogP contribution in [-0.2, 0) is 11.3 Å². The highest BCUT2D eigenvalue weighted by molar-refractivity contribution is 6.34. The Morgan fingerprint density at radius 1 is 1.17 bits per heavy atom. The van der Waals surface area contributed by atoms with Crippen LogP contribution in [0.4, 0.5) is 5.82 Å². The molecule has 0 saturated carbocycles. The van der Waals surface area contributed by atoms with Crippen molar-refractivity contribution in [2.45, 2.75) is 13.0 Å². The van der Waals surface area contributed by atoms with Gasteiger partial charge in [0.15, 0.2) is 11.4 Å². The minimum atomic E-state index is -0.568. The van der Waals surface area contributed by atoms with Crippen LogP contribution >= 0.6 is 23.2 Å². The van der Waals surface area contributed by atoms with Crippen molar-refractivity contribution < 1.29 is 14.7 Å². The van der Waals surface area contributed by atoms with E-state index in [4.69, 9.17) is 23.2 Å². The van der Waals surface area contributed by atoms with Crippen molar-refractivity contribution >= 4 is 52.2 Å². The number of fused-ring (bicyclic) bond motifs is 1. The molecule has 0 aliphatic rings. The Hall–Kier alpha value is -3.10. The summed E-state index contributed by atoms with van der Waals surface area (Å²) in [6, 6.07) is 8.42. The zero-order chi connectivity index (χ0) is 21.5. The number of aromatic nitrogens is 2. The maximum atomic E-state index is 12.7. The molecule has 156 valence electrons. The first-order valence-corrected chi connectivity index (χ1v) is 9.87. The molecule has 2 heterocycles. The Kier molecular flexibility index (Phi) is 7.26. The Bertz CT molecular complexity index is 1060. The molecule has 30 heavy (non-hydrogen) atoms. The van der Waals surface area contributed by atoms with E-state index in [1.54, 1.807) is 30.3 Å². The first-order chi connectivity index (χ1) is 14.5. The molecule has 10 heteroatoms. The molecule has 3 rings (SSSR count). The summed E-state index contributed by atoms with van der Waals surface area (Å²) < 4.78 is 0. The van der Waals surface area contributed by atoms with Gasteiger partial charge in [-0.2, -0.15) is 0 Å². The lowest BCUT2D eigenvalue weighted by molar-refractivity contribution is -0.109. The van der Waals surface area contributed by atoms with Crippen LogP contribution in [-0.4, -0.2) is 40.5 Å². The van der Waals surface area contributed by atoms with Gasteiger partial charge in [0.25, 0.3) is 5.91 Å². The molecule has 2 amide bonds. The molecule has 1 aromatic carbocycles. The van der Waals surface area contributed by atoms with Crippen LogP contribution in [0, 0.1) is 0 Å². The fourth-order valence-corrected chi connectivity index (χ4v) is 3.42. The first-order valence-electron chi connectivity index (χ1n) is 9.11. The number of aromatic hydroxyl groups is 1. The van der Waals surface area contributed by atoms with E-state index in [0.717, 1.165) is 0 Å². The number of rotatable bonds is 9. The van der Waals surface area contributed by atoms with Crippen LogP contribution < -0.4 is 16.0 Å². The maximum Gasteiger partial charge on any atom is 0.274 e. The SMILES string of the molecule is O=CNCCCNc1nc(C(=O)NCc2cc(Cl)cc(Cl)c2)c(O)c2ncccc12. The van der Waals surface area contributed by atoms with Gasteiger partial charge in [-0.05, 0) is 42.3 Å². The molecule has 0 saturated heterocycles. The zero-order valence-corrected chi connectivity index (χ0v) is 17.3. The molecule has 0 fully saturated rings. The summed E-state index contributed by atoms with van der Waals surface area (Å²) >= 11 is 12.0. The molecule has 4 N–H and O–H groups in total. The van der Waals surface area contributed by atoms with E-state index in [-0.39, 0.29) is 23.5 Å². The molecule has 2 aromatic heterocycles. The van der Waals surface area contributed by atoms with Gasteiger partial charge in [-0.1, -0.05) is 23.2 Å². The van der Waals surface area contributed by atoms with E-state index in [2.05, 4.69) is 25.9 Å². The summed E-state index contributed by atoms with van der Waals surface area (Å²) in [4.78, 5) is 31.5.